The molecule has 0 radical (unpaired) electrons. The van der Waals surface area contributed by atoms with Gasteiger partial charge in [-0.25, -0.2) is 5.48 Å². The van der Waals surface area contributed by atoms with Gasteiger partial charge in [-0.2, -0.15) is 22.0 Å². The van der Waals surface area contributed by atoms with Crippen LogP contribution in [0, 0.1) is 0 Å². The molecule has 13 heavy (non-hydrogen) atoms. The van der Waals surface area contributed by atoms with Crippen molar-refractivity contribution >= 4 is 5.91 Å². The lowest BCUT2D eigenvalue weighted by atomic mass is 10.2. The molecule has 0 rings (SSSR count). The van der Waals surface area contributed by atoms with Crippen LogP contribution in [0.25, 0.3) is 0 Å². The van der Waals surface area contributed by atoms with Gasteiger partial charge >= 0.3 is 18.0 Å². The summed E-state index contributed by atoms with van der Waals surface area (Å²) in [6, 6.07) is 0. The van der Waals surface area contributed by atoms with E-state index in [-0.39, 0.29) is 0 Å². The van der Waals surface area contributed by atoms with Gasteiger partial charge in [0.2, 0.25) is 0 Å². The number of hydrogen-bond acceptors (Lipinski definition) is 2. The van der Waals surface area contributed by atoms with Crippen LogP contribution in [0.3, 0.4) is 0 Å². The van der Waals surface area contributed by atoms with Crippen LogP contribution in [0.5, 0.6) is 0 Å². The Balaban J connectivity index is 4.30. The molecular formula is C5H6F5NO2. The van der Waals surface area contributed by atoms with Gasteiger partial charge < -0.3 is 0 Å². The van der Waals surface area contributed by atoms with E-state index < -0.39 is 24.4 Å². The number of hydrogen-bond donors (Lipinski definition) is 1. The molecule has 0 aromatic heterocycles. The zero-order valence-electron chi connectivity index (χ0n) is 6.41. The van der Waals surface area contributed by atoms with Crippen molar-refractivity contribution in [1.29, 1.82) is 0 Å². The lowest BCUT2D eigenvalue weighted by molar-refractivity contribution is -0.199. The van der Waals surface area contributed by atoms with E-state index >= 15 is 0 Å². The van der Waals surface area contributed by atoms with Crippen molar-refractivity contribution in [2.45, 2.75) is 18.5 Å². The molecule has 0 aliphatic carbocycles. The van der Waals surface area contributed by atoms with Gasteiger partial charge in [-0.15, -0.1) is 0 Å². The van der Waals surface area contributed by atoms with Crippen molar-refractivity contribution in [1.82, 2.24) is 5.48 Å². The highest BCUT2D eigenvalue weighted by Crippen LogP contribution is 2.31. The minimum atomic E-state index is -5.10. The average molecular weight is 207 g/mol. The second-order valence-electron chi connectivity index (χ2n) is 2.13. The summed E-state index contributed by atoms with van der Waals surface area (Å²) < 4.78 is 58.9. The van der Waals surface area contributed by atoms with Gasteiger partial charge in [-0.05, 0) is 0 Å². The molecule has 0 aliphatic rings. The summed E-state index contributed by atoms with van der Waals surface area (Å²) in [5.41, 5.74) is 1.12. The van der Waals surface area contributed by atoms with Crippen LogP contribution in [0.15, 0.2) is 0 Å². The Labute approximate surface area is 69.8 Å². The molecule has 0 saturated heterocycles. The van der Waals surface area contributed by atoms with E-state index in [1.807, 2.05) is 0 Å². The van der Waals surface area contributed by atoms with Crippen molar-refractivity contribution in [2.75, 3.05) is 7.11 Å². The molecule has 0 aromatic carbocycles. The third-order valence-electron chi connectivity index (χ3n) is 0.949. The summed E-state index contributed by atoms with van der Waals surface area (Å²) in [5.74, 6) is -6.62. The molecule has 1 N–H and O–H groups in total. The first kappa shape index (κ1) is 12.1. The SMILES string of the molecule is CONC(=O)C(F)(F)CC(F)(F)F. The number of alkyl halides is 5. The van der Waals surface area contributed by atoms with Gasteiger partial charge in [0, 0.05) is 0 Å². The van der Waals surface area contributed by atoms with Crippen LogP contribution < -0.4 is 5.48 Å². The maximum atomic E-state index is 12.3. The van der Waals surface area contributed by atoms with Gasteiger partial charge in [-0.1, -0.05) is 0 Å². The Hall–Kier alpha value is -0.920. The highest BCUT2D eigenvalue weighted by atomic mass is 19.4. The maximum absolute atomic E-state index is 12.3. The minimum Gasteiger partial charge on any atom is -0.277 e. The Morgan fingerprint density at radius 3 is 2.08 bits per heavy atom. The summed E-state index contributed by atoms with van der Waals surface area (Å²) in [6.07, 6.45) is -7.61. The predicted molar refractivity (Wildman–Crippen MR) is 30.8 cm³/mol. The Bertz CT molecular complexity index is 190. The second-order valence-corrected chi connectivity index (χ2v) is 2.13. The van der Waals surface area contributed by atoms with Crippen LogP contribution in [0.2, 0.25) is 0 Å². The monoisotopic (exact) mass is 207 g/mol. The molecular weight excluding hydrogens is 201 g/mol. The molecule has 0 aliphatic heterocycles. The molecule has 0 bridgehead atoms. The predicted octanol–water partition coefficient (Wildman–Crippen LogP) is 1.25. The first-order valence-corrected chi connectivity index (χ1v) is 2.97. The number of carbonyl (C=O) groups is 1. The zero-order valence-corrected chi connectivity index (χ0v) is 6.41. The highest BCUT2D eigenvalue weighted by Gasteiger charge is 2.49. The fourth-order valence-electron chi connectivity index (χ4n) is 0.499. The van der Waals surface area contributed by atoms with Gasteiger partial charge in [0.15, 0.2) is 0 Å². The largest absolute Gasteiger partial charge is 0.395 e. The molecule has 0 aromatic rings. The molecule has 0 heterocycles. The molecule has 0 unspecified atom stereocenters. The smallest absolute Gasteiger partial charge is 0.277 e. The molecule has 78 valence electrons. The fraction of sp³-hybridized carbons (Fsp3) is 0.800. The van der Waals surface area contributed by atoms with Gasteiger partial charge in [0.25, 0.3) is 0 Å². The summed E-state index contributed by atoms with van der Waals surface area (Å²) in [6.45, 7) is 0. The first-order valence-electron chi connectivity index (χ1n) is 2.97. The zero-order chi connectivity index (χ0) is 10.7. The Morgan fingerprint density at radius 1 is 1.31 bits per heavy atom. The van der Waals surface area contributed by atoms with Crippen LogP contribution in [-0.4, -0.2) is 25.1 Å². The fourth-order valence-corrected chi connectivity index (χ4v) is 0.499. The number of nitrogens with one attached hydrogen (secondary N) is 1. The summed E-state index contributed by atoms with van der Waals surface area (Å²) in [4.78, 5) is 14.0. The number of amides is 1. The van der Waals surface area contributed by atoms with Crippen molar-refractivity contribution in [3.05, 3.63) is 0 Å². The standard InChI is InChI=1S/C5H6F5NO2/c1-13-11-3(12)4(6,7)2-5(8,9)10/h2H2,1H3,(H,11,12). The summed E-state index contributed by atoms with van der Waals surface area (Å²) in [5, 5.41) is 0. The lowest BCUT2D eigenvalue weighted by Gasteiger charge is -2.16. The van der Waals surface area contributed by atoms with Crippen molar-refractivity contribution in [3.63, 3.8) is 0 Å². The normalized spacial score (nSPS) is 12.8. The van der Waals surface area contributed by atoms with Crippen LogP contribution in [0.1, 0.15) is 6.42 Å². The summed E-state index contributed by atoms with van der Waals surface area (Å²) in [7, 11) is 0.835. The van der Waals surface area contributed by atoms with E-state index in [1.54, 1.807) is 0 Å². The van der Waals surface area contributed by atoms with E-state index in [1.165, 1.54) is 0 Å². The molecule has 8 heteroatoms. The third kappa shape index (κ3) is 4.61. The summed E-state index contributed by atoms with van der Waals surface area (Å²) >= 11 is 0. The van der Waals surface area contributed by atoms with Crippen LogP contribution in [0.4, 0.5) is 22.0 Å². The molecule has 0 fully saturated rings. The first-order chi connectivity index (χ1) is 5.69. The lowest BCUT2D eigenvalue weighted by Crippen LogP contribution is -2.42. The quantitative estimate of drug-likeness (QED) is 0.558. The molecule has 0 saturated carbocycles. The topological polar surface area (TPSA) is 38.3 Å². The number of halogens is 5. The van der Waals surface area contributed by atoms with Gasteiger partial charge in [-0.3, -0.25) is 9.63 Å². The number of hydroxylamine groups is 1. The van der Waals surface area contributed by atoms with Crippen molar-refractivity contribution in [2.24, 2.45) is 0 Å². The third-order valence-corrected chi connectivity index (χ3v) is 0.949. The maximum Gasteiger partial charge on any atom is 0.395 e. The van der Waals surface area contributed by atoms with Crippen LogP contribution >= 0.6 is 0 Å². The second kappa shape index (κ2) is 3.86. The van der Waals surface area contributed by atoms with E-state index in [9.17, 15) is 26.7 Å². The minimum absolute atomic E-state index is 0.835. The molecule has 0 spiro atoms. The van der Waals surface area contributed by atoms with E-state index in [2.05, 4.69) is 4.84 Å². The average Bonchev–Trinajstić information content (AvgIpc) is 1.82. The molecule has 3 nitrogen and oxygen atoms in total. The van der Waals surface area contributed by atoms with Gasteiger partial charge in [0.05, 0.1) is 7.11 Å². The van der Waals surface area contributed by atoms with Crippen molar-refractivity contribution < 1.29 is 31.6 Å². The molecule has 0 atom stereocenters. The van der Waals surface area contributed by atoms with E-state index in [4.69, 9.17) is 0 Å². The van der Waals surface area contributed by atoms with Crippen molar-refractivity contribution in [3.8, 4) is 0 Å². The number of carbonyl (C=O) groups excluding carboxylic acids is 1. The molecule has 1 amide bonds. The van der Waals surface area contributed by atoms with E-state index in [0.29, 0.717) is 0 Å². The number of rotatable bonds is 3. The van der Waals surface area contributed by atoms with Crippen LogP contribution in [-0.2, 0) is 9.63 Å². The highest BCUT2D eigenvalue weighted by molar-refractivity contribution is 5.82. The Kier molecular flexibility index (Phi) is 3.59. The van der Waals surface area contributed by atoms with Gasteiger partial charge in [0.1, 0.15) is 6.42 Å². The Morgan fingerprint density at radius 2 is 1.77 bits per heavy atom. The van der Waals surface area contributed by atoms with E-state index in [0.717, 1.165) is 12.6 Å².